The molecular formula is C15H22ClFN2O2S. The molecule has 2 N–H and O–H groups in total. The van der Waals surface area contributed by atoms with Crippen LogP contribution in [-0.2, 0) is 21.8 Å². The third kappa shape index (κ3) is 5.12. The second-order valence-electron chi connectivity index (χ2n) is 5.07. The summed E-state index contributed by atoms with van der Waals surface area (Å²) in [6.45, 7) is 3.59. The Morgan fingerprint density at radius 1 is 1.50 bits per heavy atom. The van der Waals surface area contributed by atoms with Crippen molar-refractivity contribution in [3.05, 3.63) is 35.1 Å². The predicted molar refractivity (Wildman–Crippen MR) is 89.9 cm³/mol. The number of amides is 1. The fourth-order valence-corrected chi connectivity index (χ4v) is 2.96. The molecule has 1 fully saturated rings. The zero-order valence-corrected chi connectivity index (χ0v) is 14.4. The molecule has 0 aliphatic carbocycles. The van der Waals surface area contributed by atoms with E-state index in [1.54, 1.807) is 17.8 Å². The van der Waals surface area contributed by atoms with E-state index in [0.29, 0.717) is 19.7 Å². The van der Waals surface area contributed by atoms with Gasteiger partial charge in [-0.1, -0.05) is 6.07 Å². The maximum Gasteiger partial charge on any atom is 0.240 e. The summed E-state index contributed by atoms with van der Waals surface area (Å²) >= 11 is 1.63. The predicted octanol–water partition coefficient (Wildman–Crippen LogP) is 2.10. The van der Waals surface area contributed by atoms with Gasteiger partial charge in [0, 0.05) is 18.8 Å². The lowest BCUT2D eigenvalue weighted by Crippen LogP contribution is -2.55. The van der Waals surface area contributed by atoms with Crippen LogP contribution in [0.15, 0.2) is 18.2 Å². The Morgan fingerprint density at radius 3 is 2.95 bits per heavy atom. The second kappa shape index (κ2) is 9.35. The summed E-state index contributed by atoms with van der Waals surface area (Å²) in [6.07, 6.45) is 1.83. The molecule has 1 saturated heterocycles. The van der Waals surface area contributed by atoms with Crippen LogP contribution in [0.25, 0.3) is 0 Å². The molecule has 0 aromatic heterocycles. The Bertz CT molecular complexity index is 504. The van der Waals surface area contributed by atoms with Crippen LogP contribution in [0.1, 0.15) is 18.1 Å². The van der Waals surface area contributed by atoms with E-state index in [1.165, 1.54) is 12.1 Å². The summed E-state index contributed by atoms with van der Waals surface area (Å²) in [7, 11) is 0. The van der Waals surface area contributed by atoms with Crippen molar-refractivity contribution in [2.24, 2.45) is 0 Å². The third-order valence-corrected chi connectivity index (χ3v) is 4.12. The number of hydrogen-bond donors (Lipinski definition) is 2. The first-order chi connectivity index (χ1) is 10.1. The van der Waals surface area contributed by atoms with E-state index in [-0.39, 0.29) is 36.3 Å². The molecule has 1 aromatic rings. The molecule has 4 nitrogen and oxygen atoms in total. The van der Waals surface area contributed by atoms with Gasteiger partial charge in [-0.3, -0.25) is 4.79 Å². The second-order valence-corrected chi connectivity index (χ2v) is 5.94. The zero-order chi connectivity index (χ0) is 15.2. The Labute approximate surface area is 141 Å². The van der Waals surface area contributed by atoms with E-state index >= 15 is 0 Å². The summed E-state index contributed by atoms with van der Waals surface area (Å²) in [5.74, 6) is 0.399. The van der Waals surface area contributed by atoms with E-state index in [1.807, 2.05) is 13.2 Å². The monoisotopic (exact) mass is 348 g/mol. The minimum absolute atomic E-state index is 0. The fraction of sp³-hybridized carbons (Fsp3) is 0.533. The van der Waals surface area contributed by atoms with E-state index in [4.69, 9.17) is 4.74 Å². The number of carbonyl (C=O) groups excluding carboxylic acids is 1. The molecule has 1 amide bonds. The molecule has 0 bridgehead atoms. The average Bonchev–Trinajstić information content (AvgIpc) is 2.47. The highest BCUT2D eigenvalue weighted by molar-refractivity contribution is 7.97. The highest BCUT2D eigenvalue weighted by Gasteiger charge is 2.27. The molecular weight excluding hydrogens is 327 g/mol. The van der Waals surface area contributed by atoms with Gasteiger partial charge >= 0.3 is 0 Å². The molecule has 22 heavy (non-hydrogen) atoms. The lowest BCUT2D eigenvalue weighted by Gasteiger charge is -2.29. The third-order valence-electron chi connectivity index (χ3n) is 3.52. The van der Waals surface area contributed by atoms with Crippen molar-refractivity contribution in [2.75, 3.05) is 19.4 Å². The normalized spacial score (nSPS) is 21.0. The number of halogens is 2. The van der Waals surface area contributed by atoms with Gasteiger partial charge in [0.1, 0.15) is 11.9 Å². The van der Waals surface area contributed by atoms with Crippen LogP contribution in [0.5, 0.6) is 0 Å². The molecule has 1 heterocycles. The van der Waals surface area contributed by atoms with Crippen LogP contribution in [0.2, 0.25) is 0 Å². The largest absolute Gasteiger partial charge is 0.375 e. The Morgan fingerprint density at radius 2 is 2.27 bits per heavy atom. The minimum Gasteiger partial charge on any atom is -0.375 e. The van der Waals surface area contributed by atoms with Crippen LogP contribution in [0.3, 0.4) is 0 Å². The molecule has 1 aliphatic rings. The maximum atomic E-state index is 13.3. The minimum atomic E-state index is -0.330. The van der Waals surface area contributed by atoms with Gasteiger partial charge < -0.3 is 15.4 Å². The molecule has 7 heteroatoms. The van der Waals surface area contributed by atoms with Crippen molar-refractivity contribution in [3.63, 3.8) is 0 Å². The van der Waals surface area contributed by atoms with Crippen molar-refractivity contribution in [2.45, 2.75) is 31.4 Å². The first-order valence-corrected chi connectivity index (χ1v) is 8.40. The van der Waals surface area contributed by atoms with Gasteiger partial charge in [0.25, 0.3) is 0 Å². The molecule has 124 valence electrons. The number of hydrogen-bond acceptors (Lipinski definition) is 4. The van der Waals surface area contributed by atoms with E-state index in [0.717, 1.165) is 16.9 Å². The Balaban J connectivity index is 0.00000242. The maximum absolute atomic E-state index is 13.3. The number of morpholine rings is 1. The van der Waals surface area contributed by atoms with Crippen LogP contribution in [0.4, 0.5) is 4.39 Å². The number of rotatable bonds is 5. The summed E-state index contributed by atoms with van der Waals surface area (Å²) in [5, 5.41) is 6.06. The van der Waals surface area contributed by atoms with E-state index < -0.39 is 0 Å². The van der Waals surface area contributed by atoms with Crippen molar-refractivity contribution >= 4 is 30.1 Å². The van der Waals surface area contributed by atoms with Crippen molar-refractivity contribution in [1.82, 2.24) is 10.6 Å². The van der Waals surface area contributed by atoms with Crippen molar-refractivity contribution in [3.8, 4) is 0 Å². The topological polar surface area (TPSA) is 50.4 Å². The highest BCUT2D eigenvalue weighted by Crippen LogP contribution is 2.17. The van der Waals surface area contributed by atoms with Crippen LogP contribution in [-0.4, -0.2) is 37.5 Å². The Hall–Kier alpha value is -0.820. The van der Waals surface area contributed by atoms with Crippen LogP contribution in [0, 0.1) is 5.82 Å². The molecule has 0 saturated carbocycles. The SMILES string of the molecule is CSCc1cc(F)ccc1CNC(=O)[C@H]1NCCO[C@@H]1C.Cl. The van der Waals surface area contributed by atoms with E-state index in [9.17, 15) is 9.18 Å². The quantitative estimate of drug-likeness (QED) is 0.855. The Kier molecular flexibility index (Phi) is 8.17. The average molecular weight is 349 g/mol. The first kappa shape index (κ1) is 19.2. The van der Waals surface area contributed by atoms with Crippen molar-refractivity contribution < 1.29 is 13.9 Å². The van der Waals surface area contributed by atoms with Crippen LogP contribution >= 0.6 is 24.2 Å². The summed E-state index contributed by atoms with van der Waals surface area (Å²) in [4.78, 5) is 12.2. The van der Waals surface area contributed by atoms with Gasteiger partial charge in [0.05, 0.1) is 12.7 Å². The lowest BCUT2D eigenvalue weighted by atomic mass is 10.1. The number of nitrogens with one attached hydrogen (secondary N) is 2. The summed E-state index contributed by atoms with van der Waals surface area (Å²) in [5.41, 5.74) is 1.87. The van der Waals surface area contributed by atoms with Gasteiger partial charge in [0.2, 0.25) is 5.91 Å². The standard InChI is InChI=1S/C15H21FN2O2S.ClH/c1-10-14(17-5-6-20-10)15(19)18-8-11-3-4-13(16)7-12(11)9-21-2;/h3-4,7,10,14,17H,5-6,8-9H2,1-2H3,(H,18,19);1H/t10-,14+;/m1./s1. The number of thioether (sulfide) groups is 1. The van der Waals surface area contributed by atoms with Gasteiger partial charge in [-0.25, -0.2) is 4.39 Å². The van der Waals surface area contributed by atoms with Crippen molar-refractivity contribution in [1.29, 1.82) is 0 Å². The number of ether oxygens (including phenoxy) is 1. The van der Waals surface area contributed by atoms with Gasteiger partial charge in [-0.05, 0) is 36.4 Å². The van der Waals surface area contributed by atoms with E-state index in [2.05, 4.69) is 10.6 Å². The zero-order valence-electron chi connectivity index (χ0n) is 12.7. The smallest absolute Gasteiger partial charge is 0.240 e. The van der Waals surface area contributed by atoms with Crippen LogP contribution < -0.4 is 10.6 Å². The molecule has 2 rings (SSSR count). The summed E-state index contributed by atoms with van der Waals surface area (Å²) in [6, 6.07) is 4.36. The molecule has 0 spiro atoms. The molecule has 0 radical (unpaired) electrons. The fourth-order valence-electron chi connectivity index (χ4n) is 2.38. The molecule has 0 unspecified atom stereocenters. The summed E-state index contributed by atoms with van der Waals surface area (Å²) < 4.78 is 18.8. The first-order valence-electron chi connectivity index (χ1n) is 7.00. The molecule has 1 aromatic carbocycles. The number of benzene rings is 1. The lowest BCUT2D eigenvalue weighted by molar-refractivity contribution is -0.129. The van der Waals surface area contributed by atoms with Gasteiger partial charge in [-0.2, -0.15) is 11.8 Å². The van der Waals surface area contributed by atoms with Gasteiger partial charge in [0.15, 0.2) is 0 Å². The highest BCUT2D eigenvalue weighted by atomic mass is 35.5. The number of carbonyl (C=O) groups is 1. The van der Waals surface area contributed by atoms with Gasteiger partial charge in [-0.15, -0.1) is 12.4 Å². The molecule has 1 aliphatic heterocycles. The molecule has 2 atom stereocenters.